The number of para-hydroxylation sites is 8. The molecule has 84 heavy (non-hydrogen) atoms. The van der Waals surface area contributed by atoms with Crippen molar-refractivity contribution in [3.63, 3.8) is 0 Å². The van der Waals surface area contributed by atoms with Gasteiger partial charge >= 0.3 is 0 Å². The molecule has 8 heterocycles. The molecule has 12 heteroatoms. The number of benzene rings is 12. The lowest BCUT2D eigenvalue weighted by Crippen LogP contribution is -2.13. The van der Waals surface area contributed by atoms with Crippen LogP contribution in [0.15, 0.2) is 238 Å². The Morgan fingerprint density at radius 2 is 0.417 bits per heavy atom. The van der Waals surface area contributed by atoms with Crippen LogP contribution in [0.1, 0.15) is 0 Å². The van der Waals surface area contributed by atoms with E-state index >= 15 is 0 Å². The van der Waals surface area contributed by atoms with Gasteiger partial charge in [-0.25, -0.2) is 19.9 Å². The number of rotatable bonds is 2. The van der Waals surface area contributed by atoms with E-state index in [9.17, 15) is 19.2 Å². The van der Waals surface area contributed by atoms with Gasteiger partial charge < -0.3 is 0 Å². The fraction of sp³-hybridized carbons (Fsp3) is 0. The largest absolute Gasteiger partial charge is 0.268 e. The number of imidazole rings is 4. The lowest BCUT2D eigenvalue weighted by atomic mass is 9.90. The molecule has 0 unspecified atom stereocenters. The number of fused-ring (bicyclic) bond motifs is 16. The Balaban J connectivity index is 0.000000124. The Morgan fingerprint density at radius 1 is 0.202 bits per heavy atom. The summed E-state index contributed by atoms with van der Waals surface area (Å²) in [4.78, 5) is 74.9. The van der Waals surface area contributed by atoms with Crippen molar-refractivity contribution in [3.8, 4) is 22.3 Å². The second-order valence-electron chi connectivity index (χ2n) is 21.8. The first-order valence-corrected chi connectivity index (χ1v) is 27.7. The van der Waals surface area contributed by atoms with Crippen LogP contribution >= 0.6 is 0 Å². The van der Waals surface area contributed by atoms with Crippen molar-refractivity contribution in [1.29, 1.82) is 0 Å². The Hall–Kier alpha value is -11.8. The van der Waals surface area contributed by atoms with Crippen molar-refractivity contribution in [3.05, 3.63) is 260 Å². The molecule has 0 spiro atoms. The van der Waals surface area contributed by atoms with Gasteiger partial charge in [0.15, 0.2) is 0 Å². The molecular formula is C72H36N8O4. The van der Waals surface area contributed by atoms with Gasteiger partial charge in [0.25, 0.3) is 22.2 Å². The predicted octanol–water partition coefficient (Wildman–Crippen LogP) is 14.3. The second kappa shape index (κ2) is 16.0. The van der Waals surface area contributed by atoms with E-state index in [4.69, 9.17) is 19.9 Å². The first-order chi connectivity index (χ1) is 41.4. The Morgan fingerprint density at radius 3 is 0.702 bits per heavy atom. The lowest BCUT2D eigenvalue weighted by molar-refractivity contribution is 1.19. The van der Waals surface area contributed by atoms with Crippen LogP contribution < -0.4 is 22.2 Å². The summed E-state index contributed by atoms with van der Waals surface area (Å²) in [5.74, 6) is 0. The number of nitrogens with zero attached hydrogens (tertiary/aromatic N) is 8. The molecule has 0 amide bonds. The van der Waals surface area contributed by atoms with Crippen molar-refractivity contribution < 1.29 is 0 Å². The van der Waals surface area contributed by atoms with E-state index in [1.54, 1.807) is 17.6 Å². The van der Waals surface area contributed by atoms with Gasteiger partial charge in [-0.1, -0.05) is 133 Å². The molecule has 0 aliphatic carbocycles. The van der Waals surface area contributed by atoms with Crippen molar-refractivity contribution in [2.75, 3.05) is 0 Å². The minimum atomic E-state index is -0.0738. The quantitative estimate of drug-likeness (QED) is 0.167. The molecule has 0 aliphatic rings. The summed E-state index contributed by atoms with van der Waals surface area (Å²) in [6.07, 6.45) is 0. The van der Waals surface area contributed by atoms with Crippen LogP contribution in [-0.4, -0.2) is 37.5 Å². The maximum Gasteiger partial charge on any atom is 0.264 e. The molecule has 0 saturated carbocycles. The molecule has 388 valence electrons. The topological polar surface area (TPSA) is 137 Å². The fourth-order valence-corrected chi connectivity index (χ4v) is 14.2. The first-order valence-electron chi connectivity index (χ1n) is 27.7. The SMILES string of the molecule is O=c1c2ccc(-c3ccc4c(=O)n5c6ccccc6nc5c5cccc3c45)c3cccc(c32)c2nc3ccccc3n12.O=c1c2cccc3c(-c4ccc5c6c4cccc6c(=O)n4c6ccccc6nc54)ccc(c32)c2nc3ccccc3n12. The van der Waals surface area contributed by atoms with Gasteiger partial charge in [-0.15, -0.1) is 0 Å². The molecule has 0 atom stereocenters. The van der Waals surface area contributed by atoms with Crippen LogP contribution in [0.2, 0.25) is 0 Å². The lowest BCUT2D eigenvalue weighted by Gasteiger charge is -2.15. The van der Waals surface area contributed by atoms with E-state index in [2.05, 4.69) is 48.5 Å². The highest BCUT2D eigenvalue weighted by Gasteiger charge is 2.24. The van der Waals surface area contributed by atoms with Crippen molar-refractivity contribution in [2.45, 2.75) is 0 Å². The maximum absolute atomic E-state index is 13.9. The molecule has 12 nitrogen and oxygen atoms in total. The molecule has 0 N–H and O–H groups in total. The molecule has 8 aromatic heterocycles. The smallest absolute Gasteiger partial charge is 0.264 e. The molecule has 20 rings (SSSR count). The fourth-order valence-electron chi connectivity index (χ4n) is 14.2. The third-order valence-electron chi connectivity index (χ3n) is 17.7. The summed E-state index contributed by atoms with van der Waals surface area (Å²) in [7, 11) is 0. The molecule has 12 aromatic carbocycles. The Labute approximate surface area is 470 Å². The first kappa shape index (κ1) is 45.0. The zero-order valence-corrected chi connectivity index (χ0v) is 44.0. The predicted molar refractivity (Wildman–Crippen MR) is 339 cm³/mol. The normalized spacial score (nSPS) is 12.5. The van der Waals surface area contributed by atoms with E-state index in [0.717, 1.165) is 131 Å². The third-order valence-corrected chi connectivity index (χ3v) is 17.7. The summed E-state index contributed by atoms with van der Waals surface area (Å²) in [5, 5.41) is 13.9. The van der Waals surface area contributed by atoms with Gasteiger partial charge in [0.05, 0.1) is 44.1 Å². The van der Waals surface area contributed by atoms with E-state index in [1.165, 1.54) is 0 Å². The number of hydrogen-bond acceptors (Lipinski definition) is 8. The third kappa shape index (κ3) is 5.65. The zero-order chi connectivity index (χ0) is 55.4. The van der Waals surface area contributed by atoms with Crippen LogP contribution in [0.5, 0.6) is 0 Å². The number of aromatic nitrogens is 8. The van der Waals surface area contributed by atoms with Gasteiger partial charge in [0.2, 0.25) is 0 Å². The average Bonchev–Trinajstić information content (AvgIpc) is 3.33. The molecular weight excluding hydrogens is 1040 g/mol. The number of hydrogen-bond donors (Lipinski definition) is 0. The summed E-state index contributed by atoms with van der Waals surface area (Å²) in [6, 6.07) is 71.4. The summed E-state index contributed by atoms with van der Waals surface area (Å²) in [5.41, 5.74) is 12.8. The molecule has 0 radical (unpaired) electrons. The van der Waals surface area contributed by atoms with Gasteiger partial charge in [-0.2, -0.15) is 0 Å². The van der Waals surface area contributed by atoms with Gasteiger partial charge in [-0.05, 0) is 129 Å². The van der Waals surface area contributed by atoms with Crippen molar-refractivity contribution in [2.24, 2.45) is 0 Å². The highest BCUT2D eigenvalue weighted by Crippen LogP contribution is 2.44. The van der Waals surface area contributed by atoms with Crippen LogP contribution in [0, 0.1) is 0 Å². The van der Waals surface area contributed by atoms with Gasteiger partial charge in [0.1, 0.15) is 22.6 Å². The van der Waals surface area contributed by atoms with E-state index in [0.29, 0.717) is 44.1 Å². The number of pyridine rings is 4. The molecule has 0 saturated heterocycles. The van der Waals surface area contributed by atoms with Crippen LogP contribution in [0.3, 0.4) is 0 Å². The average molecular weight is 1080 g/mol. The summed E-state index contributed by atoms with van der Waals surface area (Å²) in [6.45, 7) is 0. The van der Waals surface area contributed by atoms with Crippen molar-refractivity contribution >= 4 is 153 Å². The second-order valence-corrected chi connectivity index (χ2v) is 21.8. The summed E-state index contributed by atoms with van der Waals surface area (Å²) < 4.78 is 6.91. The van der Waals surface area contributed by atoms with Gasteiger partial charge in [-0.3, -0.25) is 36.8 Å². The molecule has 0 fully saturated rings. The van der Waals surface area contributed by atoms with Crippen molar-refractivity contribution in [1.82, 2.24) is 37.5 Å². The van der Waals surface area contributed by atoms with E-state index in [1.807, 2.05) is 170 Å². The molecule has 20 aromatic rings. The Bertz CT molecular complexity index is 5910. The highest BCUT2D eigenvalue weighted by atomic mass is 16.1. The van der Waals surface area contributed by atoms with E-state index < -0.39 is 0 Å². The van der Waals surface area contributed by atoms with E-state index in [-0.39, 0.29) is 22.2 Å². The Kier molecular flexibility index (Phi) is 8.57. The minimum Gasteiger partial charge on any atom is -0.268 e. The minimum absolute atomic E-state index is 0.0738. The monoisotopic (exact) mass is 1080 g/mol. The van der Waals surface area contributed by atoms with Crippen LogP contribution in [0.25, 0.3) is 175 Å². The standard InChI is InChI=1S/2C36H18N4O2/c41-35-25-9-5-7-21-19(15-17-23(31(21)25)33-37-27-11-1-3-13-29(27)39(33)35)20-16-18-24-32-22(20)8-6-10-26(32)36(42)40-30-14-4-2-12-28(30)38-34(24)40;41-35-25-17-15-19(21-7-5-9-23(31(21)25)33-37-27-11-1-3-13-29(27)39(33)35)20-16-18-26-32-22(20)8-6-10-24(32)34-38-28-12-2-4-14-30(28)40(34)36(26)42/h2*1-18H. The summed E-state index contributed by atoms with van der Waals surface area (Å²) >= 11 is 0. The van der Waals surface area contributed by atoms with Crippen LogP contribution in [0.4, 0.5) is 0 Å². The molecule has 0 aliphatic heterocycles. The van der Waals surface area contributed by atoms with Gasteiger partial charge in [0, 0.05) is 64.6 Å². The zero-order valence-electron chi connectivity index (χ0n) is 44.0. The highest BCUT2D eigenvalue weighted by molar-refractivity contribution is 6.26. The van der Waals surface area contributed by atoms with Crippen LogP contribution in [-0.2, 0) is 0 Å². The molecule has 0 bridgehead atoms. The maximum atomic E-state index is 13.9.